The van der Waals surface area contributed by atoms with Gasteiger partial charge in [0.25, 0.3) is 0 Å². The fourth-order valence-electron chi connectivity index (χ4n) is 2.14. The number of para-hydroxylation sites is 2. The third kappa shape index (κ3) is 2.27. The normalized spacial score (nSPS) is 16.9. The van der Waals surface area contributed by atoms with E-state index in [1.165, 1.54) is 0 Å². The predicted molar refractivity (Wildman–Crippen MR) is 77.3 cm³/mol. The van der Waals surface area contributed by atoms with Crippen LogP contribution in [0.5, 0.6) is 11.5 Å². The first-order chi connectivity index (χ1) is 9.83. The van der Waals surface area contributed by atoms with E-state index in [0.29, 0.717) is 13.2 Å². The molecular formula is C14H15N3O2S. The third-order valence-corrected chi connectivity index (χ3v) is 3.70. The average Bonchev–Trinajstić information content (AvgIpc) is 2.90. The zero-order valence-electron chi connectivity index (χ0n) is 11.2. The van der Waals surface area contributed by atoms with Crippen LogP contribution in [0.2, 0.25) is 0 Å². The first kappa shape index (κ1) is 13.1. The second-order valence-electron chi connectivity index (χ2n) is 4.31. The molecule has 0 spiro atoms. The van der Waals surface area contributed by atoms with E-state index in [9.17, 15) is 0 Å². The molecule has 1 aromatic heterocycles. The molecule has 0 saturated heterocycles. The summed E-state index contributed by atoms with van der Waals surface area (Å²) in [6.45, 7) is 4.86. The number of rotatable bonds is 4. The number of nitrogens with zero attached hydrogens (tertiary/aromatic N) is 3. The first-order valence-electron chi connectivity index (χ1n) is 6.30. The maximum atomic E-state index is 5.97. The highest BCUT2D eigenvalue weighted by atomic mass is 32.2. The van der Waals surface area contributed by atoms with E-state index >= 15 is 0 Å². The van der Waals surface area contributed by atoms with Gasteiger partial charge in [-0.2, -0.15) is 0 Å². The summed E-state index contributed by atoms with van der Waals surface area (Å²) in [6, 6.07) is 7.64. The van der Waals surface area contributed by atoms with Crippen molar-refractivity contribution in [3.63, 3.8) is 0 Å². The van der Waals surface area contributed by atoms with Gasteiger partial charge in [-0.25, -0.2) is 0 Å². The fraction of sp³-hybridized carbons (Fsp3) is 0.286. The van der Waals surface area contributed by atoms with Crippen molar-refractivity contribution in [1.82, 2.24) is 14.8 Å². The Labute approximate surface area is 121 Å². The summed E-state index contributed by atoms with van der Waals surface area (Å²) < 4.78 is 13.7. The minimum absolute atomic E-state index is 0.252. The van der Waals surface area contributed by atoms with Crippen molar-refractivity contribution in [2.75, 3.05) is 12.9 Å². The SMILES string of the molecule is C=CCn1c(SC)nnc1[C@@H]1COc2ccccc2O1. The molecule has 104 valence electrons. The minimum Gasteiger partial charge on any atom is -0.485 e. The molecule has 0 aliphatic carbocycles. The second-order valence-corrected chi connectivity index (χ2v) is 5.08. The van der Waals surface area contributed by atoms with E-state index in [4.69, 9.17) is 9.47 Å². The molecule has 5 nitrogen and oxygen atoms in total. The molecule has 6 heteroatoms. The Morgan fingerprint density at radius 1 is 1.40 bits per heavy atom. The highest BCUT2D eigenvalue weighted by molar-refractivity contribution is 7.98. The van der Waals surface area contributed by atoms with Crippen LogP contribution in [-0.2, 0) is 6.54 Å². The van der Waals surface area contributed by atoms with Crippen LogP contribution in [0.4, 0.5) is 0 Å². The standard InChI is InChI=1S/C14H15N3O2S/c1-3-8-17-13(15-16-14(17)20-2)12-9-18-10-6-4-5-7-11(10)19-12/h3-7,12H,1,8-9H2,2H3/t12-/m0/s1. The number of hydrogen-bond donors (Lipinski definition) is 0. The summed E-state index contributed by atoms with van der Waals surface area (Å²) in [4.78, 5) is 0. The summed E-state index contributed by atoms with van der Waals surface area (Å²) >= 11 is 1.55. The van der Waals surface area contributed by atoms with E-state index in [-0.39, 0.29) is 6.10 Å². The highest BCUT2D eigenvalue weighted by Crippen LogP contribution is 2.35. The summed E-state index contributed by atoms with van der Waals surface area (Å²) in [5.41, 5.74) is 0. The number of fused-ring (bicyclic) bond motifs is 1. The molecule has 1 aromatic carbocycles. The van der Waals surface area contributed by atoms with Crippen LogP contribution in [0.25, 0.3) is 0 Å². The van der Waals surface area contributed by atoms with Crippen molar-refractivity contribution >= 4 is 11.8 Å². The summed E-state index contributed by atoms with van der Waals surface area (Å²) in [7, 11) is 0. The van der Waals surface area contributed by atoms with Gasteiger partial charge in [0.15, 0.2) is 28.6 Å². The molecule has 0 radical (unpaired) electrons. The summed E-state index contributed by atoms with van der Waals surface area (Å²) in [6.07, 6.45) is 3.55. The van der Waals surface area contributed by atoms with Gasteiger partial charge in [0.05, 0.1) is 0 Å². The number of benzene rings is 1. The van der Waals surface area contributed by atoms with Crippen LogP contribution in [-0.4, -0.2) is 27.6 Å². The second kappa shape index (κ2) is 5.58. The lowest BCUT2D eigenvalue weighted by molar-refractivity contribution is 0.0821. The predicted octanol–water partition coefficient (Wildman–Crippen LogP) is 2.70. The minimum atomic E-state index is -0.252. The zero-order valence-corrected chi connectivity index (χ0v) is 12.0. The molecule has 0 amide bonds. The lowest BCUT2D eigenvalue weighted by atomic mass is 10.2. The molecule has 1 aliphatic rings. The van der Waals surface area contributed by atoms with Gasteiger partial charge in [-0.3, -0.25) is 4.57 Å². The number of allylic oxidation sites excluding steroid dienone is 1. The molecule has 0 bridgehead atoms. The molecule has 1 aliphatic heterocycles. The largest absolute Gasteiger partial charge is 0.485 e. The Hall–Kier alpha value is -1.95. The van der Waals surface area contributed by atoms with E-state index < -0.39 is 0 Å². The number of hydrogen-bond acceptors (Lipinski definition) is 5. The van der Waals surface area contributed by atoms with Crippen LogP contribution >= 0.6 is 11.8 Å². The van der Waals surface area contributed by atoms with Gasteiger partial charge in [-0.05, 0) is 18.4 Å². The lowest BCUT2D eigenvalue weighted by Crippen LogP contribution is -2.25. The van der Waals surface area contributed by atoms with Crippen molar-refractivity contribution in [2.45, 2.75) is 17.8 Å². The van der Waals surface area contributed by atoms with Crippen molar-refractivity contribution in [3.05, 3.63) is 42.7 Å². The molecule has 2 aromatic rings. The van der Waals surface area contributed by atoms with Crippen LogP contribution in [0.15, 0.2) is 42.1 Å². The quantitative estimate of drug-likeness (QED) is 0.640. The van der Waals surface area contributed by atoms with Gasteiger partial charge in [-0.15, -0.1) is 16.8 Å². The van der Waals surface area contributed by atoms with E-state index in [1.54, 1.807) is 11.8 Å². The first-order valence-corrected chi connectivity index (χ1v) is 7.52. The molecule has 20 heavy (non-hydrogen) atoms. The molecule has 0 saturated carbocycles. The van der Waals surface area contributed by atoms with Crippen molar-refractivity contribution in [3.8, 4) is 11.5 Å². The molecule has 1 atom stereocenters. The van der Waals surface area contributed by atoms with Crippen molar-refractivity contribution in [1.29, 1.82) is 0 Å². The Bertz CT molecular complexity index is 627. The van der Waals surface area contributed by atoms with Crippen LogP contribution < -0.4 is 9.47 Å². The maximum absolute atomic E-state index is 5.97. The van der Waals surface area contributed by atoms with Gasteiger partial charge < -0.3 is 9.47 Å². The Kier molecular flexibility index (Phi) is 3.64. The molecule has 0 unspecified atom stereocenters. The number of ether oxygens (including phenoxy) is 2. The Morgan fingerprint density at radius 3 is 2.95 bits per heavy atom. The van der Waals surface area contributed by atoms with Gasteiger partial charge in [0.1, 0.15) is 6.61 Å². The maximum Gasteiger partial charge on any atom is 0.192 e. The highest BCUT2D eigenvalue weighted by Gasteiger charge is 2.27. The number of thioether (sulfide) groups is 1. The van der Waals surface area contributed by atoms with E-state index in [2.05, 4.69) is 16.8 Å². The molecule has 0 N–H and O–H groups in total. The van der Waals surface area contributed by atoms with Gasteiger partial charge in [-0.1, -0.05) is 30.0 Å². The Morgan fingerprint density at radius 2 is 2.20 bits per heavy atom. The van der Waals surface area contributed by atoms with E-state index in [0.717, 1.165) is 22.5 Å². The summed E-state index contributed by atoms with van der Waals surface area (Å²) in [5.74, 6) is 2.27. The van der Waals surface area contributed by atoms with Crippen molar-refractivity contribution < 1.29 is 9.47 Å². The van der Waals surface area contributed by atoms with Gasteiger partial charge >= 0.3 is 0 Å². The number of aromatic nitrogens is 3. The van der Waals surface area contributed by atoms with Crippen LogP contribution in [0.3, 0.4) is 0 Å². The van der Waals surface area contributed by atoms with Crippen LogP contribution in [0, 0.1) is 0 Å². The van der Waals surface area contributed by atoms with Gasteiger partial charge in [0.2, 0.25) is 0 Å². The zero-order chi connectivity index (χ0) is 13.9. The topological polar surface area (TPSA) is 49.2 Å². The molecular weight excluding hydrogens is 274 g/mol. The molecule has 0 fully saturated rings. The Balaban J connectivity index is 1.91. The van der Waals surface area contributed by atoms with Crippen molar-refractivity contribution in [2.24, 2.45) is 0 Å². The fourth-order valence-corrected chi connectivity index (χ4v) is 2.65. The van der Waals surface area contributed by atoms with E-state index in [1.807, 2.05) is 41.2 Å². The molecule has 2 heterocycles. The third-order valence-electron chi connectivity index (χ3n) is 3.04. The monoisotopic (exact) mass is 289 g/mol. The average molecular weight is 289 g/mol. The summed E-state index contributed by atoms with van der Waals surface area (Å²) in [5, 5.41) is 9.27. The molecule has 3 rings (SSSR count). The van der Waals surface area contributed by atoms with Gasteiger partial charge in [0, 0.05) is 6.54 Å². The lowest BCUT2D eigenvalue weighted by Gasteiger charge is -2.26. The van der Waals surface area contributed by atoms with Crippen LogP contribution in [0.1, 0.15) is 11.9 Å². The smallest absolute Gasteiger partial charge is 0.192 e.